The summed E-state index contributed by atoms with van der Waals surface area (Å²) >= 11 is 3.64. The fourth-order valence-electron chi connectivity index (χ4n) is 2.71. The third-order valence-corrected chi connectivity index (χ3v) is 5.08. The Labute approximate surface area is 133 Å². The lowest BCUT2D eigenvalue weighted by Gasteiger charge is -2.11. The van der Waals surface area contributed by atoms with Gasteiger partial charge >= 0.3 is 0 Å². The minimum absolute atomic E-state index is 0.596. The summed E-state index contributed by atoms with van der Waals surface area (Å²) in [5, 5.41) is 3.17. The summed E-state index contributed by atoms with van der Waals surface area (Å²) in [6.45, 7) is 0. The third kappa shape index (κ3) is 2.57. The van der Waals surface area contributed by atoms with Gasteiger partial charge in [-0.05, 0) is 53.1 Å². The lowest BCUT2D eigenvalue weighted by molar-refractivity contribution is 0.980. The molecule has 3 nitrogen and oxygen atoms in total. The maximum absolute atomic E-state index is 4.81. The standard InChI is InChI=1S/C17H18BrN3/c1-19-17-14(18)15(12-6-7-12)20-16(21-17)13-8-4-11(5-9-13)10-2-3-10/h4-5,8-10,12H,2-3,6-7H2,1H3,(H,19,20,21). The van der Waals surface area contributed by atoms with Crippen LogP contribution in [0.3, 0.4) is 0 Å². The third-order valence-electron chi connectivity index (χ3n) is 4.30. The minimum atomic E-state index is 0.596. The predicted octanol–water partition coefficient (Wildman–Crippen LogP) is 4.70. The first kappa shape index (κ1) is 13.3. The number of anilines is 1. The number of halogens is 1. The summed E-state index contributed by atoms with van der Waals surface area (Å²) in [5.41, 5.74) is 3.70. The zero-order chi connectivity index (χ0) is 14.4. The van der Waals surface area contributed by atoms with Gasteiger partial charge in [0.15, 0.2) is 5.82 Å². The molecule has 0 bridgehead atoms. The average molecular weight is 344 g/mol. The molecule has 2 aliphatic rings. The van der Waals surface area contributed by atoms with Crippen LogP contribution in [0, 0.1) is 0 Å². The van der Waals surface area contributed by atoms with E-state index in [9.17, 15) is 0 Å². The lowest BCUT2D eigenvalue weighted by Crippen LogP contribution is -2.02. The van der Waals surface area contributed by atoms with Crippen molar-refractivity contribution in [1.29, 1.82) is 0 Å². The smallest absolute Gasteiger partial charge is 0.161 e. The van der Waals surface area contributed by atoms with Crippen LogP contribution in [0.1, 0.15) is 48.8 Å². The molecule has 2 fully saturated rings. The second-order valence-electron chi connectivity index (χ2n) is 6.02. The molecule has 4 heteroatoms. The van der Waals surface area contributed by atoms with Crippen LogP contribution in [0.2, 0.25) is 0 Å². The van der Waals surface area contributed by atoms with Gasteiger partial charge in [-0.25, -0.2) is 9.97 Å². The molecule has 0 atom stereocenters. The van der Waals surface area contributed by atoms with Gasteiger partial charge < -0.3 is 5.32 Å². The van der Waals surface area contributed by atoms with Gasteiger partial charge in [-0.3, -0.25) is 0 Å². The van der Waals surface area contributed by atoms with Crippen LogP contribution in [0.25, 0.3) is 11.4 Å². The molecule has 0 radical (unpaired) electrons. The highest BCUT2D eigenvalue weighted by molar-refractivity contribution is 9.10. The van der Waals surface area contributed by atoms with Gasteiger partial charge in [0.25, 0.3) is 0 Å². The SMILES string of the molecule is CNc1nc(-c2ccc(C3CC3)cc2)nc(C2CC2)c1Br. The highest BCUT2D eigenvalue weighted by Gasteiger charge is 2.29. The van der Waals surface area contributed by atoms with Gasteiger partial charge in [0.05, 0.1) is 10.2 Å². The van der Waals surface area contributed by atoms with E-state index in [2.05, 4.69) is 50.5 Å². The second-order valence-corrected chi connectivity index (χ2v) is 6.81. The summed E-state index contributed by atoms with van der Waals surface area (Å²) in [6.07, 6.45) is 5.14. The summed E-state index contributed by atoms with van der Waals surface area (Å²) < 4.78 is 1.02. The van der Waals surface area contributed by atoms with E-state index in [0.29, 0.717) is 5.92 Å². The zero-order valence-electron chi connectivity index (χ0n) is 12.1. The Kier molecular flexibility index (Phi) is 3.21. The summed E-state index contributed by atoms with van der Waals surface area (Å²) in [4.78, 5) is 9.46. The molecule has 2 aliphatic carbocycles. The second kappa shape index (κ2) is 5.09. The number of aromatic nitrogens is 2. The van der Waals surface area contributed by atoms with Crippen molar-refractivity contribution < 1.29 is 0 Å². The topological polar surface area (TPSA) is 37.8 Å². The predicted molar refractivity (Wildman–Crippen MR) is 88.7 cm³/mol. The summed E-state index contributed by atoms with van der Waals surface area (Å²) in [5.74, 6) is 3.10. The van der Waals surface area contributed by atoms with E-state index in [1.165, 1.54) is 31.2 Å². The van der Waals surface area contributed by atoms with Crippen LogP contribution in [0.15, 0.2) is 28.7 Å². The molecule has 1 aromatic heterocycles. The Morgan fingerprint density at radius 1 is 1.00 bits per heavy atom. The first-order chi connectivity index (χ1) is 10.3. The van der Waals surface area contributed by atoms with Crippen LogP contribution in [0.4, 0.5) is 5.82 Å². The van der Waals surface area contributed by atoms with Gasteiger partial charge in [-0.1, -0.05) is 24.3 Å². The van der Waals surface area contributed by atoms with Crippen LogP contribution in [0.5, 0.6) is 0 Å². The summed E-state index contributed by atoms with van der Waals surface area (Å²) in [6, 6.07) is 8.78. The average Bonchev–Trinajstić information content (AvgIpc) is 3.40. The van der Waals surface area contributed by atoms with E-state index < -0.39 is 0 Å². The van der Waals surface area contributed by atoms with Crippen molar-refractivity contribution in [2.75, 3.05) is 12.4 Å². The fraction of sp³-hybridized carbons (Fsp3) is 0.412. The molecule has 1 N–H and O–H groups in total. The van der Waals surface area contributed by atoms with Gasteiger partial charge in [0, 0.05) is 18.5 Å². The van der Waals surface area contributed by atoms with Gasteiger partial charge in [-0.15, -0.1) is 0 Å². The van der Waals surface area contributed by atoms with Crippen molar-refractivity contribution in [2.24, 2.45) is 0 Å². The van der Waals surface area contributed by atoms with E-state index in [1.807, 2.05) is 7.05 Å². The number of hydrogen-bond donors (Lipinski definition) is 1. The van der Waals surface area contributed by atoms with E-state index in [0.717, 1.165) is 33.3 Å². The van der Waals surface area contributed by atoms with Crippen LogP contribution >= 0.6 is 15.9 Å². The molecule has 108 valence electrons. The molecule has 0 unspecified atom stereocenters. The maximum atomic E-state index is 4.81. The normalized spacial score (nSPS) is 17.8. The Morgan fingerprint density at radius 2 is 1.67 bits per heavy atom. The number of rotatable bonds is 4. The van der Waals surface area contributed by atoms with Crippen LogP contribution in [-0.2, 0) is 0 Å². The molecule has 0 aliphatic heterocycles. The maximum Gasteiger partial charge on any atom is 0.161 e. The Morgan fingerprint density at radius 3 is 2.24 bits per heavy atom. The van der Waals surface area contributed by atoms with Crippen LogP contribution < -0.4 is 5.32 Å². The highest BCUT2D eigenvalue weighted by atomic mass is 79.9. The summed E-state index contributed by atoms with van der Waals surface area (Å²) in [7, 11) is 1.91. The molecule has 4 rings (SSSR count). The van der Waals surface area contributed by atoms with Crippen molar-refractivity contribution in [2.45, 2.75) is 37.5 Å². The molecule has 2 aromatic rings. The molecule has 21 heavy (non-hydrogen) atoms. The highest BCUT2D eigenvalue weighted by Crippen LogP contribution is 2.44. The van der Waals surface area contributed by atoms with Gasteiger partial charge in [0.1, 0.15) is 5.82 Å². The molecule has 0 spiro atoms. The van der Waals surface area contributed by atoms with Gasteiger partial charge in [0.2, 0.25) is 0 Å². The van der Waals surface area contributed by atoms with Gasteiger partial charge in [-0.2, -0.15) is 0 Å². The van der Waals surface area contributed by atoms with E-state index in [4.69, 9.17) is 4.98 Å². The molecule has 0 saturated heterocycles. The zero-order valence-corrected chi connectivity index (χ0v) is 13.7. The van der Waals surface area contributed by atoms with E-state index in [-0.39, 0.29) is 0 Å². The number of nitrogens with zero attached hydrogens (tertiary/aromatic N) is 2. The first-order valence-electron chi connectivity index (χ1n) is 7.62. The lowest BCUT2D eigenvalue weighted by atomic mass is 10.1. The largest absolute Gasteiger partial charge is 0.372 e. The Hall–Kier alpha value is -1.42. The van der Waals surface area contributed by atoms with Crippen LogP contribution in [-0.4, -0.2) is 17.0 Å². The number of benzene rings is 1. The van der Waals surface area contributed by atoms with Crippen molar-refractivity contribution in [3.63, 3.8) is 0 Å². The first-order valence-corrected chi connectivity index (χ1v) is 8.41. The molecule has 0 amide bonds. The van der Waals surface area contributed by atoms with E-state index in [1.54, 1.807) is 0 Å². The van der Waals surface area contributed by atoms with Crippen molar-refractivity contribution in [3.05, 3.63) is 40.0 Å². The Balaban J connectivity index is 1.74. The number of hydrogen-bond acceptors (Lipinski definition) is 3. The van der Waals surface area contributed by atoms with Crippen molar-refractivity contribution in [3.8, 4) is 11.4 Å². The molecule has 2 saturated carbocycles. The Bertz CT molecular complexity index is 673. The molecule has 1 aromatic carbocycles. The monoisotopic (exact) mass is 343 g/mol. The van der Waals surface area contributed by atoms with Crippen molar-refractivity contribution >= 4 is 21.7 Å². The molecule has 1 heterocycles. The molecular weight excluding hydrogens is 326 g/mol. The van der Waals surface area contributed by atoms with Crippen molar-refractivity contribution in [1.82, 2.24) is 9.97 Å². The fourth-order valence-corrected chi connectivity index (χ4v) is 3.41. The quantitative estimate of drug-likeness (QED) is 0.873. The molecular formula is C17H18BrN3. The van der Waals surface area contributed by atoms with E-state index >= 15 is 0 Å². The number of nitrogens with one attached hydrogen (secondary N) is 1. The minimum Gasteiger partial charge on any atom is -0.372 e.